The van der Waals surface area contributed by atoms with E-state index in [9.17, 15) is 9.59 Å². The smallest absolute Gasteiger partial charge is 0.239 e. The van der Waals surface area contributed by atoms with Gasteiger partial charge in [-0.1, -0.05) is 27.2 Å². The zero-order valence-corrected chi connectivity index (χ0v) is 10.4. The molecule has 4 nitrogen and oxygen atoms in total. The third kappa shape index (κ3) is 5.40. The second-order valence-corrected chi connectivity index (χ2v) is 4.62. The fourth-order valence-electron chi connectivity index (χ4n) is 1.05. The Balaban J connectivity index is 4.16. The number of rotatable bonds is 5. The summed E-state index contributed by atoms with van der Waals surface area (Å²) in [5.41, 5.74) is 0.00797. The Morgan fingerprint density at radius 3 is 2.27 bits per heavy atom. The van der Waals surface area contributed by atoms with Gasteiger partial charge in [0.2, 0.25) is 11.8 Å². The Labute approximate surface area is 92.0 Å². The van der Waals surface area contributed by atoms with Crippen molar-refractivity contribution in [3.05, 3.63) is 0 Å². The maximum atomic E-state index is 11.7. The van der Waals surface area contributed by atoms with Gasteiger partial charge in [0.1, 0.15) is 0 Å². The molecule has 0 atom stereocenters. The van der Waals surface area contributed by atoms with Gasteiger partial charge in [-0.2, -0.15) is 0 Å². The summed E-state index contributed by atoms with van der Waals surface area (Å²) in [5, 5.41) is 2.49. The van der Waals surface area contributed by atoms with Crippen LogP contribution in [-0.4, -0.2) is 37.4 Å². The topological polar surface area (TPSA) is 49.4 Å². The molecule has 0 radical (unpaired) electrons. The van der Waals surface area contributed by atoms with Crippen molar-refractivity contribution in [1.82, 2.24) is 10.2 Å². The normalized spacial score (nSPS) is 11.0. The maximum absolute atomic E-state index is 11.7. The van der Waals surface area contributed by atoms with Gasteiger partial charge in [0.25, 0.3) is 0 Å². The third-order valence-corrected chi connectivity index (χ3v) is 2.67. The molecule has 1 N–H and O–H groups in total. The number of nitrogens with zero attached hydrogens (tertiary/aromatic N) is 1. The van der Waals surface area contributed by atoms with Gasteiger partial charge >= 0.3 is 0 Å². The van der Waals surface area contributed by atoms with Crippen molar-refractivity contribution >= 4 is 11.8 Å². The Bertz CT molecular complexity index is 237. The van der Waals surface area contributed by atoms with E-state index in [2.05, 4.69) is 26.1 Å². The van der Waals surface area contributed by atoms with Gasteiger partial charge < -0.3 is 10.2 Å². The molecule has 0 aliphatic heterocycles. The molecule has 0 saturated heterocycles. The summed E-state index contributed by atoms with van der Waals surface area (Å²) in [6, 6.07) is 0. The van der Waals surface area contributed by atoms with Crippen LogP contribution in [0.15, 0.2) is 0 Å². The van der Waals surface area contributed by atoms with Gasteiger partial charge in [-0.3, -0.25) is 9.59 Å². The van der Waals surface area contributed by atoms with Crippen LogP contribution in [0.25, 0.3) is 0 Å². The van der Waals surface area contributed by atoms with Crippen LogP contribution < -0.4 is 5.32 Å². The van der Waals surface area contributed by atoms with E-state index in [0.29, 0.717) is 6.42 Å². The number of hydrogen-bond donors (Lipinski definition) is 1. The van der Waals surface area contributed by atoms with Crippen molar-refractivity contribution < 1.29 is 9.59 Å². The Morgan fingerprint density at radius 1 is 1.33 bits per heavy atom. The number of carbonyl (C=O) groups excluding carboxylic acids is 2. The molecule has 0 fully saturated rings. The molecule has 2 amide bonds. The predicted molar refractivity (Wildman–Crippen MR) is 60.4 cm³/mol. The number of carbonyl (C=O) groups is 2. The molecular formula is C11H22N2O2. The van der Waals surface area contributed by atoms with Gasteiger partial charge in [0.15, 0.2) is 0 Å². The number of hydrogen-bond acceptors (Lipinski definition) is 2. The maximum Gasteiger partial charge on any atom is 0.239 e. The highest BCUT2D eigenvalue weighted by Gasteiger charge is 2.22. The Kier molecular flexibility index (Phi) is 5.33. The van der Waals surface area contributed by atoms with Crippen LogP contribution in [0.5, 0.6) is 0 Å². The fraction of sp³-hybridized carbons (Fsp3) is 0.818. The lowest BCUT2D eigenvalue weighted by molar-refractivity contribution is -0.136. The predicted octanol–water partition coefficient (Wildman–Crippen LogP) is 1.02. The standard InChI is InChI=1S/C11H22N2O2/c1-6-11(2,3)7-10(15)13(5)8-9(14)12-4/h6-8H2,1-5H3,(H,12,14). The molecule has 0 heterocycles. The zero-order chi connectivity index (χ0) is 12.1. The van der Waals surface area contributed by atoms with Crippen LogP contribution in [0.1, 0.15) is 33.6 Å². The summed E-state index contributed by atoms with van der Waals surface area (Å²) in [6.07, 6.45) is 1.43. The van der Waals surface area contributed by atoms with Crippen molar-refractivity contribution in [1.29, 1.82) is 0 Å². The summed E-state index contributed by atoms with van der Waals surface area (Å²) in [5.74, 6) is -0.120. The molecule has 0 unspecified atom stereocenters. The Hall–Kier alpha value is -1.06. The lowest BCUT2D eigenvalue weighted by Crippen LogP contribution is -2.38. The van der Waals surface area contributed by atoms with E-state index in [-0.39, 0.29) is 23.8 Å². The first kappa shape index (κ1) is 13.9. The molecule has 0 spiro atoms. The van der Waals surface area contributed by atoms with E-state index >= 15 is 0 Å². The molecular weight excluding hydrogens is 192 g/mol. The SMILES string of the molecule is CCC(C)(C)CC(=O)N(C)CC(=O)NC. The van der Waals surface area contributed by atoms with E-state index < -0.39 is 0 Å². The second-order valence-electron chi connectivity index (χ2n) is 4.62. The van der Waals surface area contributed by atoms with Crippen molar-refractivity contribution in [2.45, 2.75) is 33.6 Å². The average Bonchev–Trinajstić information content (AvgIpc) is 2.16. The summed E-state index contributed by atoms with van der Waals surface area (Å²) in [6.45, 7) is 6.30. The first-order valence-corrected chi connectivity index (χ1v) is 5.27. The van der Waals surface area contributed by atoms with Crippen LogP contribution in [0.2, 0.25) is 0 Å². The molecule has 0 aliphatic rings. The summed E-state index contributed by atoms with van der Waals surface area (Å²) in [7, 11) is 3.22. The van der Waals surface area contributed by atoms with Gasteiger partial charge in [-0.25, -0.2) is 0 Å². The summed E-state index contributed by atoms with van der Waals surface area (Å²) < 4.78 is 0. The van der Waals surface area contributed by atoms with Crippen LogP contribution >= 0.6 is 0 Å². The molecule has 0 bridgehead atoms. The molecule has 0 aromatic heterocycles. The highest BCUT2D eigenvalue weighted by Crippen LogP contribution is 2.24. The van der Waals surface area contributed by atoms with E-state index in [1.54, 1.807) is 14.1 Å². The lowest BCUT2D eigenvalue weighted by atomic mass is 9.86. The molecule has 88 valence electrons. The fourth-order valence-corrected chi connectivity index (χ4v) is 1.05. The Morgan fingerprint density at radius 2 is 1.87 bits per heavy atom. The van der Waals surface area contributed by atoms with E-state index in [0.717, 1.165) is 6.42 Å². The minimum absolute atomic E-state index is 0.00797. The first-order valence-electron chi connectivity index (χ1n) is 5.27. The molecule has 0 aliphatic carbocycles. The number of nitrogens with one attached hydrogen (secondary N) is 1. The largest absolute Gasteiger partial charge is 0.358 e. The number of amides is 2. The third-order valence-electron chi connectivity index (χ3n) is 2.67. The first-order chi connectivity index (χ1) is 6.82. The van der Waals surface area contributed by atoms with Gasteiger partial charge in [-0.05, 0) is 5.41 Å². The highest BCUT2D eigenvalue weighted by molar-refractivity contribution is 5.84. The molecule has 0 saturated carbocycles. The van der Waals surface area contributed by atoms with E-state index in [1.807, 2.05) is 0 Å². The van der Waals surface area contributed by atoms with Crippen LogP contribution in [0, 0.1) is 5.41 Å². The summed E-state index contributed by atoms with van der Waals surface area (Å²) >= 11 is 0. The minimum Gasteiger partial charge on any atom is -0.358 e. The lowest BCUT2D eigenvalue weighted by Gasteiger charge is -2.25. The minimum atomic E-state index is -0.139. The van der Waals surface area contributed by atoms with Crippen LogP contribution in [0.4, 0.5) is 0 Å². The highest BCUT2D eigenvalue weighted by atomic mass is 16.2. The molecule has 4 heteroatoms. The number of likely N-dealkylation sites (N-methyl/N-ethyl adjacent to an activating group) is 2. The van der Waals surface area contributed by atoms with Crippen molar-refractivity contribution in [2.24, 2.45) is 5.41 Å². The van der Waals surface area contributed by atoms with Crippen LogP contribution in [-0.2, 0) is 9.59 Å². The average molecular weight is 214 g/mol. The van der Waals surface area contributed by atoms with Gasteiger partial charge in [0, 0.05) is 20.5 Å². The van der Waals surface area contributed by atoms with E-state index in [1.165, 1.54) is 4.90 Å². The quantitative estimate of drug-likeness (QED) is 0.742. The van der Waals surface area contributed by atoms with Crippen LogP contribution in [0.3, 0.4) is 0 Å². The van der Waals surface area contributed by atoms with Gasteiger partial charge in [0.05, 0.1) is 6.54 Å². The van der Waals surface area contributed by atoms with Crippen molar-refractivity contribution in [3.8, 4) is 0 Å². The summed E-state index contributed by atoms with van der Waals surface area (Å²) in [4.78, 5) is 24.2. The zero-order valence-electron chi connectivity index (χ0n) is 10.4. The second kappa shape index (κ2) is 5.73. The molecule has 0 aromatic carbocycles. The van der Waals surface area contributed by atoms with Gasteiger partial charge in [-0.15, -0.1) is 0 Å². The molecule has 0 aromatic rings. The molecule has 0 rings (SSSR count). The van der Waals surface area contributed by atoms with Crippen molar-refractivity contribution in [2.75, 3.05) is 20.6 Å². The molecule has 15 heavy (non-hydrogen) atoms. The van der Waals surface area contributed by atoms with E-state index in [4.69, 9.17) is 0 Å². The monoisotopic (exact) mass is 214 g/mol. The van der Waals surface area contributed by atoms with Crippen molar-refractivity contribution in [3.63, 3.8) is 0 Å².